The van der Waals surface area contributed by atoms with Crippen molar-refractivity contribution >= 4 is 17.8 Å². The second-order valence-electron chi connectivity index (χ2n) is 5.51. The van der Waals surface area contributed by atoms with Crippen LogP contribution in [0, 0.1) is 5.92 Å². The maximum atomic E-state index is 12.3. The van der Waals surface area contributed by atoms with Crippen molar-refractivity contribution in [1.29, 1.82) is 0 Å². The number of halogens is 3. The van der Waals surface area contributed by atoms with E-state index in [2.05, 4.69) is 5.32 Å². The molecule has 1 heterocycles. The van der Waals surface area contributed by atoms with Crippen LogP contribution in [0.25, 0.3) is 0 Å². The number of carbonyl (C=O) groups excluding carboxylic acids is 2. The minimum absolute atomic E-state index is 0.0317. The van der Waals surface area contributed by atoms with Crippen molar-refractivity contribution in [1.82, 2.24) is 10.2 Å². The van der Waals surface area contributed by atoms with Gasteiger partial charge in [0.1, 0.15) is 6.54 Å². The van der Waals surface area contributed by atoms with Gasteiger partial charge in [0.2, 0.25) is 11.8 Å². The molecule has 0 spiro atoms. The Hall–Kier alpha value is -2.58. The third-order valence-electron chi connectivity index (χ3n) is 3.60. The standard InChI is InChI=1S/C15H15F3N2O4/c16-15(17,18)8-20-7-11(5-12(20)21)13(22)19-6-9-2-1-3-10(4-9)14(23)24/h1-4,11H,5-8H2,(H,19,22)(H,23,24). The van der Waals surface area contributed by atoms with E-state index < -0.39 is 36.4 Å². The van der Waals surface area contributed by atoms with Crippen molar-refractivity contribution in [2.45, 2.75) is 19.1 Å². The number of carboxylic acids is 1. The highest BCUT2D eigenvalue weighted by Gasteiger charge is 2.40. The summed E-state index contributed by atoms with van der Waals surface area (Å²) in [5, 5.41) is 11.4. The number of carbonyl (C=O) groups is 3. The number of hydrogen-bond donors (Lipinski definition) is 2. The number of likely N-dealkylation sites (tertiary alicyclic amines) is 1. The van der Waals surface area contributed by atoms with Gasteiger partial charge in [-0.15, -0.1) is 0 Å². The van der Waals surface area contributed by atoms with Gasteiger partial charge in [0.05, 0.1) is 11.5 Å². The van der Waals surface area contributed by atoms with Crippen molar-refractivity contribution in [3.8, 4) is 0 Å². The molecule has 6 nitrogen and oxygen atoms in total. The number of alkyl halides is 3. The van der Waals surface area contributed by atoms with E-state index in [0.717, 1.165) is 0 Å². The molecule has 2 amide bonds. The summed E-state index contributed by atoms with van der Waals surface area (Å²) in [6.45, 7) is -1.61. The number of amides is 2. The molecule has 1 atom stereocenters. The lowest BCUT2D eigenvalue weighted by Gasteiger charge is -2.18. The topological polar surface area (TPSA) is 86.7 Å². The van der Waals surface area contributed by atoms with Gasteiger partial charge in [0.15, 0.2) is 0 Å². The fourth-order valence-corrected chi connectivity index (χ4v) is 2.46. The molecule has 0 radical (unpaired) electrons. The van der Waals surface area contributed by atoms with E-state index in [0.29, 0.717) is 10.5 Å². The Morgan fingerprint density at radius 2 is 2.04 bits per heavy atom. The van der Waals surface area contributed by atoms with Gasteiger partial charge in [-0.25, -0.2) is 4.79 Å². The van der Waals surface area contributed by atoms with E-state index in [-0.39, 0.29) is 25.1 Å². The number of hydrogen-bond acceptors (Lipinski definition) is 3. The number of aromatic carboxylic acids is 1. The van der Waals surface area contributed by atoms with Crippen LogP contribution in [0.2, 0.25) is 0 Å². The number of nitrogens with one attached hydrogen (secondary N) is 1. The van der Waals surface area contributed by atoms with E-state index in [9.17, 15) is 27.6 Å². The molecule has 2 N–H and O–H groups in total. The Kier molecular flexibility index (Phi) is 5.10. The first-order chi connectivity index (χ1) is 11.2. The van der Waals surface area contributed by atoms with Crippen molar-refractivity contribution in [2.24, 2.45) is 5.92 Å². The number of carboxylic acid groups (broad SMARTS) is 1. The summed E-state index contributed by atoms with van der Waals surface area (Å²) in [7, 11) is 0. The first-order valence-corrected chi connectivity index (χ1v) is 7.10. The second-order valence-corrected chi connectivity index (χ2v) is 5.51. The average molecular weight is 344 g/mol. The molecule has 9 heteroatoms. The lowest BCUT2D eigenvalue weighted by molar-refractivity contribution is -0.157. The molecule has 130 valence electrons. The molecule has 0 aromatic heterocycles. The predicted molar refractivity (Wildman–Crippen MR) is 76.0 cm³/mol. The van der Waals surface area contributed by atoms with Gasteiger partial charge in [-0.05, 0) is 17.7 Å². The zero-order chi connectivity index (χ0) is 17.9. The largest absolute Gasteiger partial charge is 0.478 e. The molecule has 1 aliphatic rings. The second kappa shape index (κ2) is 6.90. The molecule has 1 fully saturated rings. The molecule has 1 aromatic carbocycles. The fraction of sp³-hybridized carbons (Fsp3) is 0.400. The molecule has 24 heavy (non-hydrogen) atoms. The highest BCUT2D eigenvalue weighted by atomic mass is 19.4. The van der Waals surface area contributed by atoms with Crippen molar-refractivity contribution in [3.63, 3.8) is 0 Å². The quantitative estimate of drug-likeness (QED) is 0.846. The van der Waals surface area contributed by atoms with E-state index in [1.54, 1.807) is 6.07 Å². The Morgan fingerprint density at radius 3 is 2.67 bits per heavy atom. The van der Waals surface area contributed by atoms with Crippen LogP contribution in [0.3, 0.4) is 0 Å². The number of nitrogens with zero attached hydrogens (tertiary/aromatic N) is 1. The zero-order valence-electron chi connectivity index (χ0n) is 12.5. The zero-order valence-corrected chi connectivity index (χ0v) is 12.5. The van der Waals surface area contributed by atoms with Gasteiger partial charge >= 0.3 is 12.1 Å². The lowest BCUT2D eigenvalue weighted by Crippen LogP contribution is -2.37. The van der Waals surface area contributed by atoms with Crippen LogP contribution >= 0.6 is 0 Å². The highest BCUT2D eigenvalue weighted by Crippen LogP contribution is 2.24. The Balaban J connectivity index is 1.90. The molecule has 1 aromatic rings. The van der Waals surface area contributed by atoms with E-state index in [1.165, 1.54) is 18.2 Å². The van der Waals surface area contributed by atoms with Crippen LogP contribution in [0.15, 0.2) is 24.3 Å². The van der Waals surface area contributed by atoms with E-state index in [1.807, 2.05) is 0 Å². The molecule has 1 aliphatic heterocycles. The van der Waals surface area contributed by atoms with Crippen molar-refractivity contribution < 1.29 is 32.7 Å². The Morgan fingerprint density at radius 1 is 1.33 bits per heavy atom. The van der Waals surface area contributed by atoms with Crippen molar-refractivity contribution in [2.75, 3.05) is 13.1 Å². The van der Waals surface area contributed by atoms with Gasteiger partial charge in [-0.2, -0.15) is 13.2 Å². The Labute approximate surface area is 135 Å². The third-order valence-corrected chi connectivity index (χ3v) is 3.60. The molecule has 0 saturated carbocycles. The minimum atomic E-state index is -4.50. The maximum Gasteiger partial charge on any atom is 0.406 e. The first kappa shape index (κ1) is 17.8. The smallest absolute Gasteiger partial charge is 0.406 e. The van der Waals surface area contributed by atoms with Crippen LogP contribution in [0.4, 0.5) is 13.2 Å². The first-order valence-electron chi connectivity index (χ1n) is 7.10. The number of rotatable bonds is 5. The molecule has 0 aliphatic carbocycles. The Bertz CT molecular complexity index is 660. The van der Waals surface area contributed by atoms with Crippen LogP contribution in [-0.2, 0) is 16.1 Å². The summed E-state index contributed by atoms with van der Waals surface area (Å²) in [4.78, 5) is 35.0. The summed E-state index contributed by atoms with van der Waals surface area (Å²) in [5.41, 5.74) is 0.605. The predicted octanol–water partition coefficient (Wildman–Crippen LogP) is 1.41. The average Bonchev–Trinajstić information content (AvgIpc) is 2.84. The summed E-state index contributed by atoms with van der Waals surface area (Å²) < 4.78 is 37.0. The third kappa shape index (κ3) is 4.71. The van der Waals surface area contributed by atoms with Gasteiger partial charge in [-0.3, -0.25) is 9.59 Å². The maximum absolute atomic E-state index is 12.3. The van der Waals surface area contributed by atoms with Gasteiger partial charge in [0.25, 0.3) is 0 Å². The molecule has 1 saturated heterocycles. The SMILES string of the molecule is O=C(O)c1cccc(CNC(=O)C2CC(=O)N(CC(F)(F)F)C2)c1. The molecular formula is C15H15F3N2O4. The summed E-state index contributed by atoms with van der Waals surface area (Å²) in [6.07, 6.45) is -4.77. The van der Waals surface area contributed by atoms with E-state index in [4.69, 9.17) is 5.11 Å². The van der Waals surface area contributed by atoms with Gasteiger partial charge in [0, 0.05) is 19.5 Å². The molecule has 1 unspecified atom stereocenters. The number of benzene rings is 1. The van der Waals surface area contributed by atoms with Crippen LogP contribution < -0.4 is 5.32 Å². The summed E-state index contributed by atoms with van der Waals surface area (Å²) >= 11 is 0. The molecule has 0 bridgehead atoms. The van der Waals surface area contributed by atoms with Gasteiger partial charge in [-0.1, -0.05) is 12.1 Å². The van der Waals surface area contributed by atoms with E-state index >= 15 is 0 Å². The monoisotopic (exact) mass is 344 g/mol. The normalized spacial score (nSPS) is 17.9. The summed E-state index contributed by atoms with van der Waals surface area (Å²) in [5.74, 6) is -3.19. The van der Waals surface area contributed by atoms with Crippen LogP contribution in [0.1, 0.15) is 22.3 Å². The molecule has 2 rings (SSSR count). The summed E-state index contributed by atoms with van der Waals surface area (Å²) in [6, 6.07) is 5.92. The fourth-order valence-electron chi connectivity index (χ4n) is 2.46. The minimum Gasteiger partial charge on any atom is -0.478 e. The molecular weight excluding hydrogens is 329 g/mol. The van der Waals surface area contributed by atoms with Crippen molar-refractivity contribution in [3.05, 3.63) is 35.4 Å². The highest BCUT2D eigenvalue weighted by molar-refractivity contribution is 5.89. The lowest BCUT2D eigenvalue weighted by atomic mass is 10.1. The van der Waals surface area contributed by atoms with Crippen LogP contribution in [0.5, 0.6) is 0 Å². The van der Waals surface area contributed by atoms with Crippen LogP contribution in [-0.4, -0.2) is 47.1 Å². The van der Waals surface area contributed by atoms with Gasteiger partial charge < -0.3 is 15.3 Å².